The average Bonchev–Trinajstić information content (AvgIpc) is 2.37. The number of hydrogen-bond acceptors (Lipinski definition) is 4. The van der Waals surface area contributed by atoms with Crippen molar-refractivity contribution in [3.63, 3.8) is 0 Å². The van der Waals surface area contributed by atoms with Crippen molar-refractivity contribution in [3.8, 4) is 5.75 Å². The lowest BCUT2D eigenvalue weighted by atomic mass is 9.88. The van der Waals surface area contributed by atoms with E-state index >= 15 is 0 Å². The van der Waals surface area contributed by atoms with Gasteiger partial charge in [0.1, 0.15) is 17.8 Å². The largest absolute Gasteiger partial charge is 0.486 e. The summed E-state index contributed by atoms with van der Waals surface area (Å²) in [5, 5.41) is 0. The van der Waals surface area contributed by atoms with Crippen molar-refractivity contribution < 1.29 is 19.1 Å². The third-order valence-corrected chi connectivity index (χ3v) is 3.39. The van der Waals surface area contributed by atoms with Crippen molar-refractivity contribution in [1.82, 2.24) is 0 Å². The second-order valence-corrected chi connectivity index (χ2v) is 5.76. The molecule has 0 saturated carbocycles. The zero-order valence-electron chi connectivity index (χ0n) is 11.2. The minimum atomic E-state index is -1.18. The monoisotopic (exact) mass is 376 g/mol. The fourth-order valence-corrected chi connectivity index (χ4v) is 1.65. The molecule has 104 valence electrons. The molecule has 1 aromatic carbocycles. The first kappa shape index (κ1) is 15.9. The number of carbonyl (C=O) groups is 2. The van der Waals surface area contributed by atoms with Crippen LogP contribution in [0.25, 0.3) is 0 Å². The predicted octanol–water partition coefficient (Wildman–Crippen LogP) is 2.83. The van der Waals surface area contributed by atoms with Crippen molar-refractivity contribution in [1.29, 1.82) is 0 Å². The van der Waals surface area contributed by atoms with Gasteiger partial charge in [0.05, 0.1) is 6.61 Å². The van der Waals surface area contributed by atoms with Crippen LogP contribution in [-0.4, -0.2) is 25.0 Å². The summed E-state index contributed by atoms with van der Waals surface area (Å²) in [6.07, 6.45) is 0. The van der Waals surface area contributed by atoms with Crippen LogP contribution in [0.3, 0.4) is 0 Å². The van der Waals surface area contributed by atoms with Crippen LogP contribution in [0.15, 0.2) is 24.3 Å². The predicted molar refractivity (Wildman–Crippen MR) is 80.1 cm³/mol. The molecule has 0 spiro atoms. The van der Waals surface area contributed by atoms with Gasteiger partial charge in [0, 0.05) is 3.57 Å². The normalized spacial score (nSPS) is 10.9. The van der Waals surface area contributed by atoms with Crippen molar-refractivity contribution in [2.75, 3.05) is 13.2 Å². The average molecular weight is 376 g/mol. The van der Waals surface area contributed by atoms with Gasteiger partial charge in [0.2, 0.25) is 0 Å². The molecule has 19 heavy (non-hydrogen) atoms. The van der Waals surface area contributed by atoms with Crippen molar-refractivity contribution >= 4 is 34.3 Å². The molecule has 0 heterocycles. The molecule has 0 radical (unpaired) electrons. The highest BCUT2D eigenvalue weighted by Gasteiger charge is 2.37. The van der Waals surface area contributed by atoms with E-state index in [1.165, 1.54) is 0 Å². The molecule has 0 atom stereocenters. The fraction of sp³-hybridized carbons (Fsp3) is 0.429. The van der Waals surface area contributed by atoms with Gasteiger partial charge in [-0.1, -0.05) is 0 Å². The second-order valence-electron chi connectivity index (χ2n) is 4.51. The van der Waals surface area contributed by atoms with Gasteiger partial charge in [-0.05, 0) is 67.6 Å². The summed E-state index contributed by atoms with van der Waals surface area (Å²) in [5.74, 6) is -0.218. The Kier molecular flexibility index (Phi) is 5.78. The van der Waals surface area contributed by atoms with Crippen LogP contribution in [0.1, 0.15) is 20.8 Å². The highest BCUT2D eigenvalue weighted by Crippen LogP contribution is 2.20. The van der Waals surface area contributed by atoms with Gasteiger partial charge >= 0.3 is 5.97 Å². The van der Waals surface area contributed by atoms with E-state index in [-0.39, 0.29) is 19.0 Å². The molecule has 0 aliphatic carbocycles. The summed E-state index contributed by atoms with van der Waals surface area (Å²) in [6.45, 7) is 4.91. The first-order valence-corrected chi connectivity index (χ1v) is 7.04. The lowest BCUT2D eigenvalue weighted by Gasteiger charge is -2.20. The topological polar surface area (TPSA) is 52.6 Å². The molecular weight excluding hydrogens is 359 g/mol. The van der Waals surface area contributed by atoms with E-state index in [0.29, 0.717) is 5.75 Å². The maximum atomic E-state index is 12.0. The number of carbonyl (C=O) groups excluding carboxylic acids is 2. The summed E-state index contributed by atoms with van der Waals surface area (Å²) in [4.78, 5) is 23.7. The van der Waals surface area contributed by atoms with Gasteiger partial charge in [0.15, 0.2) is 5.78 Å². The van der Waals surface area contributed by atoms with Crippen molar-refractivity contribution in [2.24, 2.45) is 5.41 Å². The van der Waals surface area contributed by atoms with Crippen LogP contribution >= 0.6 is 22.6 Å². The first-order valence-electron chi connectivity index (χ1n) is 5.96. The van der Waals surface area contributed by atoms with Gasteiger partial charge in [-0.15, -0.1) is 0 Å². The van der Waals surface area contributed by atoms with Gasteiger partial charge in [-0.25, -0.2) is 0 Å². The summed E-state index contributed by atoms with van der Waals surface area (Å²) in [5.41, 5.74) is -1.18. The molecule has 0 bridgehead atoms. The maximum absolute atomic E-state index is 12.0. The van der Waals surface area contributed by atoms with E-state index < -0.39 is 11.4 Å². The molecule has 5 heteroatoms. The number of rotatable bonds is 6. The molecular formula is C14H17IO4. The Hall–Kier alpha value is -1.11. The van der Waals surface area contributed by atoms with E-state index in [1.807, 2.05) is 12.1 Å². The standard InChI is InChI=1S/C14H17IO4/c1-4-18-13(17)14(2,3)12(16)9-19-11-7-5-10(15)6-8-11/h5-8H,4,9H2,1-3H3. The van der Waals surface area contributed by atoms with Crippen LogP contribution in [0, 0.1) is 8.99 Å². The number of esters is 1. The molecule has 0 saturated heterocycles. The Bertz CT molecular complexity index is 451. The molecule has 0 aliphatic heterocycles. The van der Waals surface area contributed by atoms with E-state index in [1.54, 1.807) is 32.9 Å². The Morgan fingerprint density at radius 1 is 1.21 bits per heavy atom. The maximum Gasteiger partial charge on any atom is 0.319 e. The lowest BCUT2D eigenvalue weighted by Crippen LogP contribution is -2.38. The van der Waals surface area contributed by atoms with E-state index in [2.05, 4.69) is 22.6 Å². The second kappa shape index (κ2) is 6.88. The molecule has 0 aliphatic rings. The van der Waals surface area contributed by atoms with Gasteiger partial charge < -0.3 is 9.47 Å². The number of ether oxygens (including phenoxy) is 2. The third-order valence-electron chi connectivity index (χ3n) is 2.67. The Morgan fingerprint density at radius 2 is 1.79 bits per heavy atom. The first-order chi connectivity index (χ1) is 8.87. The Morgan fingerprint density at radius 3 is 2.32 bits per heavy atom. The molecule has 1 aromatic rings. The fourth-order valence-electron chi connectivity index (χ4n) is 1.29. The number of hydrogen-bond donors (Lipinski definition) is 0. The SMILES string of the molecule is CCOC(=O)C(C)(C)C(=O)COc1ccc(I)cc1. The van der Waals surface area contributed by atoms with Crippen LogP contribution in [0.4, 0.5) is 0 Å². The van der Waals surface area contributed by atoms with Crippen LogP contribution in [0.5, 0.6) is 5.75 Å². The Labute approximate surface area is 126 Å². The lowest BCUT2D eigenvalue weighted by molar-refractivity contribution is -0.158. The van der Waals surface area contributed by atoms with Gasteiger partial charge in [0.25, 0.3) is 0 Å². The van der Waals surface area contributed by atoms with Crippen molar-refractivity contribution in [3.05, 3.63) is 27.8 Å². The van der Waals surface area contributed by atoms with E-state index in [0.717, 1.165) is 3.57 Å². The Balaban J connectivity index is 2.59. The van der Waals surface area contributed by atoms with Crippen LogP contribution < -0.4 is 4.74 Å². The molecule has 0 fully saturated rings. The van der Waals surface area contributed by atoms with Crippen LogP contribution in [-0.2, 0) is 14.3 Å². The van der Waals surface area contributed by atoms with Gasteiger partial charge in [-0.3, -0.25) is 9.59 Å². The quantitative estimate of drug-likeness (QED) is 0.435. The van der Waals surface area contributed by atoms with Gasteiger partial charge in [-0.2, -0.15) is 0 Å². The number of halogens is 1. The number of ketones is 1. The molecule has 0 N–H and O–H groups in total. The molecule has 4 nitrogen and oxygen atoms in total. The number of Topliss-reactive ketones (excluding diaryl/α,β-unsaturated/α-hetero) is 1. The minimum Gasteiger partial charge on any atom is -0.486 e. The van der Waals surface area contributed by atoms with Crippen molar-refractivity contribution in [2.45, 2.75) is 20.8 Å². The molecule has 0 amide bonds. The zero-order chi connectivity index (χ0) is 14.5. The summed E-state index contributed by atoms with van der Waals surface area (Å²) in [6, 6.07) is 7.34. The minimum absolute atomic E-state index is 0.146. The summed E-state index contributed by atoms with van der Waals surface area (Å²) >= 11 is 2.19. The molecule has 0 aromatic heterocycles. The molecule has 1 rings (SSSR count). The highest BCUT2D eigenvalue weighted by molar-refractivity contribution is 14.1. The number of benzene rings is 1. The summed E-state index contributed by atoms with van der Waals surface area (Å²) in [7, 11) is 0. The zero-order valence-corrected chi connectivity index (χ0v) is 13.4. The van der Waals surface area contributed by atoms with E-state index in [9.17, 15) is 9.59 Å². The smallest absolute Gasteiger partial charge is 0.319 e. The third kappa shape index (κ3) is 4.49. The van der Waals surface area contributed by atoms with Crippen LogP contribution in [0.2, 0.25) is 0 Å². The molecule has 0 unspecified atom stereocenters. The van der Waals surface area contributed by atoms with E-state index in [4.69, 9.17) is 9.47 Å². The summed E-state index contributed by atoms with van der Waals surface area (Å²) < 4.78 is 11.3. The highest BCUT2D eigenvalue weighted by atomic mass is 127.